The van der Waals surface area contributed by atoms with Crippen molar-refractivity contribution in [1.82, 2.24) is 9.59 Å². The average molecular weight is 251 g/mol. The van der Waals surface area contributed by atoms with Crippen LogP contribution in [0.5, 0.6) is 0 Å². The van der Waals surface area contributed by atoms with E-state index in [4.69, 9.17) is 10.00 Å². The molecule has 16 heavy (non-hydrogen) atoms. The Morgan fingerprint density at radius 3 is 3.19 bits per heavy atom. The van der Waals surface area contributed by atoms with Gasteiger partial charge in [-0.05, 0) is 23.0 Å². The summed E-state index contributed by atoms with van der Waals surface area (Å²) in [7, 11) is 0. The maximum atomic E-state index is 11.5. The smallest absolute Gasteiger partial charge is 0.353 e. The monoisotopic (exact) mass is 251 g/mol. The summed E-state index contributed by atoms with van der Waals surface area (Å²) in [4.78, 5) is 12.7. The normalized spacial score (nSPS) is 9.69. The molecule has 0 fully saturated rings. The van der Waals surface area contributed by atoms with Crippen molar-refractivity contribution in [3.05, 3.63) is 22.4 Å². The third-order valence-corrected chi connectivity index (χ3v) is 3.28. The molecule has 0 aliphatic heterocycles. The van der Waals surface area contributed by atoms with E-state index >= 15 is 0 Å². The van der Waals surface area contributed by atoms with E-state index in [0.29, 0.717) is 10.6 Å². The SMILES string of the molecule is N#CCOC(=O)c1snnc1-c1cccs1. The summed E-state index contributed by atoms with van der Waals surface area (Å²) in [5.74, 6) is -0.556. The summed E-state index contributed by atoms with van der Waals surface area (Å²) in [6.07, 6.45) is 0. The molecule has 0 bridgehead atoms. The molecule has 0 radical (unpaired) electrons. The lowest BCUT2D eigenvalue weighted by Crippen LogP contribution is -2.04. The van der Waals surface area contributed by atoms with E-state index in [0.717, 1.165) is 16.4 Å². The van der Waals surface area contributed by atoms with Crippen LogP contribution in [0.25, 0.3) is 10.6 Å². The van der Waals surface area contributed by atoms with Gasteiger partial charge >= 0.3 is 5.97 Å². The topological polar surface area (TPSA) is 75.9 Å². The Labute approximate surface area is 99.1 Å². The highest BCUT2D eigenvalue weighted by molar-refractivity contribution is 7.14. The molecule has 7 heteroatoms. The van der Waals surface area contributed by atoms with Crippen LogP contribution in [0.1, 0.15) is 9.67 Å². The summed E-state index contributed by atoms with van der Waals surface area (Å²) in [6, 6.07) is 5.45. The van der Waals surface area contributed by atoms with Gasteiger partial charge in [0.15, 0.2) is 11.5 Å². The second-order valence-electron chi connectivity index (χ2n) is 2.66. The molecule has 0 N–H and O–H groups in total. The van der Waals surface area contributed by atoms with Gasteiger partial charge in [-0.25, -0.2) is 4.79 Å². The minimum atomic E-state index is -0.556. The highest BCUT2D eigenvalue weighted by Crippen LogP contribution is 2.28. The van der Waals surface area contributed by atoms with Crippen molar-refractivity contribution in [2.75, 3.05) is 6.61 Å². The van der Waals surface area contributed by atoms with Crippen LogP contribution in [-0.2, 0) is 4.74 Å². The lowest BCUT2D eigenvalue weighted by molar-refractivity contribution is 0.0561. The van der Waals surface area contributed by atoms with Gasteiger partial charge in [0, 0.05) is 0 Å². The average Bonchev–Trinajstić information content (AvgIpc) is 2.94. The van der Waals surface area contributed by atoms with Crippen molar-refractivity contribution in [1.29, 1.82) is 5.26 Å². The Hall–Kier alpha value is -1.78. The molecule has 0 saturated carbocycles. The zero-order valence-corrected chi connectivity index (χ0v) is 9.55. The molecular weight excluding hydrogens is 246 g/mol. The Balaban J connectivity index is 2.27. The number of esters is 1. The van der Waals surface area contributed by atoms with Crippen LogP contribution >= 0.6 is 22.9 Å². The molecule has 2 heterocycles. The molecule has 0 spiro atoms. The van der Waals surface area contributed by atoms with Crippen LogP contribution < -0.4 is 0 Å². The van der Waals surface area contributed by atoms with Crippen molar-refractivity contribution in [3.63, 3.8) is 0 Å². The predicted octanol–water partition coefficient (Wildman–Crippen LogP) is 1.95. The first-order valence-electron chi connectivity index (χ1n) is 4.23. The summed E-state index contributed by atoms with van der Waals surface area (Å²) in [6.45, 7) is -0.263. The van der Waals surface area contributed by atoms with Crippen molar-refractivity contribution >= 4 is 28.8 Å². The van der Waals surface area contributed by atoms with Crippen molar-refractivity contribution in [2.45, 2.75) is 0 Å². The van der Waals surface area contributed by atoms with Crippen molar-refractivity contribution < 1.29 is 9.53 Å². The van der Waals surface area contributed by atoms with Crippen LogP contribution in [-0.4, -0.2) is 22.2 Å². The minimum Gasteiger partial charge on any atom is -0.446 e. The first-order valence-corrected chi connectivity index (χ1v) is 5.88. The Bertz CT molecular complexity index is 527. The van der Waals surface area contributed by atoms with Gasteiger partial charge in [-0.2, -0.15) is 5.26 Å². The standard InChI is InChI=1S/C9H5N3O2S2/c10-3-4-14-9(13)8-7(11-12-16-8)6-2-1-5-15-6/h1-2,5H,4H2. The first kappa shape index (κ1) is 10.7. The number of hydrogen-bond acceptors (Lipinski definition) is 7. The fourth-order valence-corrected chi connectivity index (χ4v) is 2.42. The fourth-order valence-electron chi connectivity index (χ4n) is 1.06. The third kappa shape index (κ3) is 2.08. The zero-order chi connectivity index (χ0) is 11.4. The number of carbonyl (C=O) groups is 1. The summed E-state index contributed by atoms with van der Waals surface area (Å²) in [5, 5.41) is 14.1. The number of rotatable bonds is 3. The van der Waals surface area contributed by atoms with E-state index in [1.54, 1.807) is 6.07 Å². The molecule has 0 amide bonds. The minimum absolute atomic E-state index is 0.263. The predicted molar refractivity (Wildman–Crippen MR) is 59.1 cm³/mol. The van der Waals surface area contributed by atoms with Gasteiger partial charge in [0.2, 0.25) is 0 Å². The second kappa shape index (κ2) is 4.83. The van der Waals surface area contributed by atoms with Crippen LogP contribution in [0.4, 0.5) is 0 Å². The summed E-state index contributed by atoms with van der Waals surface area (Å²) in [5.41, 5.74) is 0.517. The third-order valence-electron chi connectivity index (χ3n) is 1.70. The molecule has 0 aromatic carbocycles. The van der Waals surface area contributed by atoms with Gasteiger partial charge in [-0.3, -0.25) is 0 Å². The molecule has 0 aliphatic rings. The van der Waals surface area contributed by atoms with E-state index in [1.165, 1.54) is 11.3 Å². The van der Waals surface area contributed by atoms with Crippen LogP contribution in [0.3, 0.4) is 0 Å². The first-order chi connectivity index (χ1) is 7.83. The van der Waals surface area contributed by atoms with E-state index in [-0.39, 0.29) is 6.61 Å². The zero-order valence-electron chi connectivity index (χ0n) is 7.91. The molecule has 0 atom stereocenters. The van der Waals surface area contributed by atoms with Gasteiger partial charge in [0.1, 0.15) is 11.8 Å². The lowest BCUT2D eigenvalue weighted by Gasteiger charge is -1.97. The molecule has 5 nitrogen and oxygen atoms in total. The largest absolute Gasteiger partial charge is 0.446 e. The molecule has 0 unspecified atom stereocenters. The summed E-state index contributed by atoms with van der Waals surface area (Å²) >= 11 is 2.44. The second-order valence-corrected chi connectivity index (χ2v) is 4.36. The van der Waals surface area contributed by atoms with Crippen LogP contribution in [0.15, 0.2) is 17.5 Å². The summed E-state index contributed by atoms with van der Waals surface area (Å²) < 4.78 is 8.43. The number of nitriles is 1. The van der Waals surface area contributed by atoms with Crippen LogP contribution in [0.2, 0.25) is 0 Å². The molecule has 80 valence electrons. The fraction of sp³-hybridized carbons (Fsp3) is 0.111. The van der Waals surface area contributed by atoms with E-state index in [9.17, 15) is 4.79 Å². The number of aromatic nitrogens is 2. The lowest BCUT2D eigenvalue weighted by atomic mass is 10.3. The van der Waals surface area contributed by atoms with Gasteiger partial charge < -0.3 is 4.74 Å². The van der Waals surface area contributed by atoms with Gasteiger partial charge in [-0.15, -0.1) is 16.4 Å². The van der Waals surface area contributed by atoms with Gasteiger partial charge in [0.25, 0.3) is 0 Å². The van der Waals surface area contributed by atoms with Crippen molar-refractivity contribution in [3.8, 4) is 16.6 Å². The molecule has 2 aromatic rings. The van der Waals surface area contributed by atoms with E-state index in [1.807, 2.05) is 17.5 Å². The quantitative estimate of drug-likeness (QED) is 0.779. The van der Waals surface area contributed by atoms with E-state index in [2.05, 4.69) is 9.59 Å². The van der Waals surface area contributed by atoms with Crippen LogP contribution in [0, 0.1) is 11.3 Å². The number of nitrogens with zero attached hydrogens (tertiary/aromatic N) is 3. The molecule has 0 aliphatic carbocycles. The number of ether oxygens (including phenoxy) is 1. The molecular formula is C9H5N3O2S2. The number of carbonyl (C=O) groups excluding carboxylic acids is 1. The maximum Gasteiger partial charge on any atom is 0.353 e. The van der Waals surface area contributed by atoms with Gasteiger partial charge in [-0.1, -0.05) is 10.6 Å². The molecule has 0 saturated heterocycles. The highest BCUT2D eigenvalue weighted by atomic mass is 32.1. The van der Waals surface area contributed by atoms with Gasteiger partial charge in [0.05, 0.1) is 4.88 Å². The Kier molecular flexibility index (Phi) is 3.24. The highest BCUT2D eigenvalue weighted by Gasteiger charge is 2.19. The molecule has 2 aromatic heterocycles. The van der Waals surface area contributed by atoms with Crippen molar-refractivity contribution in [2.24, 2.45) is 0 Å². The van der Waals surface area contributed by atoms with E-state index < -0.39 is 5.97 Å². The Morgan fingerprint density at radius 1 is 1.62 bits per heavy atom. The number of hydrogen-bond donors (Lipinski definition) is 0. The molecule has 2 rings (SSSR count). The maximum absolute atomic E-state index is 11.5. The Morgan fingerprint density at radius 2 is 2.50 bits per heavy atom. The number of thiophene rings is 1.